The van der Waals surface area contributed by atoms with Gasteiger partial charge < -0.3 is 47.9 Å². The maximum atomic E-state index is 13.8. The first-order chi connectivity index (χ1) is 28.5. The summed E-state index contributed by atoms with van der Waals surface area (Å²) in [5, 5.41) is 28.3. The van der Waals surface area contributed by atoms with Gasteiger partial charge in [-0.2, -0.15) is 11.8 Å². The lowest BCUT2D eigenvalue weighted by Gasteiger charge is -2.32. The molecule has 0 aromatic carbocycles. The summed E-state index contributed by atoms with van der Waals surface area (Å²) in [5.74, 6) is -4.58. The third-order valence-corrected chi connectivity index (χ3v) is 12.7. The van der Waals surface area contributed by atoms with Crippen molar-refractivity contribution < 1.29 is 48.4 Å². The van der Waals surface area contributed by atoms with Crippen LogP contribution in [0.5, 0.6) is 0 Å². The number of carbonyl (C=O) groups is 9. The smallest absolute Gasteiger partial charge is 0.315 e. The molecule has 0 aromatic rings. The molecule has 3 aliphatic rings. The number of urea groups is 1. The molecule has 10 amide bonds. The van der Waals surface area contributed by atoms with Gasteiger partial charge in [0.2, 0.25) is 47.3 Å². The standard InChI is InChI=1S/C39H66N10O10S/c1-5-23(4)33(46-36(55)24(17-22(2)3)18-30(51)48-59)38(57)49-16-10-12-27(49)37(56)43-19-31(52)42-20-32(53)44-25(35(40)54)11-8-9-15-41-29(50)14-7-6-13-28-34-26(21-60-28)45-39(58)47-34/h22-28,33-34,59H,5-21H2,1-4H3,(H2,40,54)(H,41,50)(H,42,52)(H,43,56)(H,44,53)(H,46,55)(H,48,51)(H2,45,47,58)/t23-,24?,25-,26-,27-,28-,33-,34-/m0/s1. The van der Waals surface area contributed by atoms with Gasteiger partial charge in [-0.15, -0.1) is 0 Å². The van der Waals surface area contributed by atoms with Crippen LogP contribution >= 0.6 is 11.8 Å². The molecule has 1 unspecified atom stereocenters. The molecule has 0 spiro atoms. The number of hydrogen-bond acceptors (Lipinski definition) is 11. The number of nitrogens with zero attached hydrogens (tertiary/aromatic N) is 1. The summed E-state index contributed by atoms with van der Waals surface area (Å²) in [5.41, 5.74) is 7.04. The lowest BCUT2D eigenvalue weighted by molar-refractivity contribution is -0.143. The number of hydrogen-bond donors (Lipinski definition) is 10. The number of likely N-dealkylation sites (tertiary alicyclic amines) is 1. The van der Waals surface area contributed by atoms with Gasteiger partial charge in [0.25, 0.3) is 0 Å². The predicted octanol–water partition coefficient (Wildman–Crippen LogP) is -0.719. The van der Waals surface area contributed by atoms with Crippen LogP contribution in [0.25, 0.3) is 0 Å². The highest BCUT2D eigenvalue weighted by atomic mass is 32.2. The van der Waals surface area contributed by atoms with E-state index in [2.05, 4.69) is 37.2 Å². The molecule has 3 aliphatic heterocycles. The van der Waals surface area contributed by atoms with Gasteiger partial charge in [-0.05, 0) is 63.2 Å². The van der Waals surface area contributed by atoms with Crippen molar-refractivity contribution in [3.63, 3.8) is 0 Å². The molecule has 3 fully saturated rings. The second-order valence-corrected chi connectivity index (χ2v) is 17.6. The highest BCUT2D eigenvalue weighted by molar-refractivity contribution is 8.00. The highest BCUT2D eigenvalue weighted by Crippen LogP contribution is 2.33. The van der Waals surface area contributed by atoms with Gasteiger partial charge >= 0.3 is 6.03 Å². The molecule has 3 saturated heterocycles. The number of fused-ring (bicyclic) bond motifs is 1. The Morgan fingerprint density at radius 1 is 0.900 bits per heavy atom. The van der Waals surface area contributed by atoms with E-state index in [0.717, 1.165) is 25.0 Å². The number of primary amides is 1. The summed E-state index contributed by atoms with van der Waals surface area (Å²) >= 11 is 1.84. The molecule has 21 heteroatoms. The first-order valence-electron chi connectivity index (χ1n) is 21.2. The molecule has 60 heavy (non-hydrogen) atoms. The normalized spacial score (nSPS) is 21.4. The van der Waals surface area contributed by atoms with Crippen molar-refractivity contribution in [2.24, 2.45) is 23.5 Å². The van der Waals surface area contributed by atoms with Gasteiger partial charge in [0.15, 0.2) is 0 Å². The van der Waals surface area contributed by atoms with Crippen LogP contribution < -0.4 is 48.4 Å². The Kier molecular flexibility index (Phi) is 20.9. The van der Waals surface area contributed by atoms with Gasteiger partial charge in [-0.3, -0.25) is 43.6 Å². The minimum Gasteiger partial charge on any atom is -0.368 e. The fourth-order valence-electron chi connectivity index (χ4n) is 7.68. The fourth-order valence-corrected chi connectivity index (χ4v) is 9.22. The monoisotopic (exact) mass is 866 g/mol. The van der Waals surface area contributed by atoms with Gasteiger partial charge in [0, 0.05) is 42.9 Å². The Morgan fingerprint density at radius 3 is 2.32 bits per heavy atom. The first kappa shape index (κ1) is 49.7. The second-order valence-electron chi connectivity index (χ2n) is 16.4. The summed E-state index contributed by atoms with van der Waals surface area (Å²) in [6.45, 7) is 7.12. The predicted molar refractivity (Wildman–Crippen MR) is 222 cm³/mol. The number of nitrogens with one attached hydrogen (secondary N) is 8. The van der Waals surface area contributed by atoms with Gasteiger partial charge in [-0.1, -0.05) is 40.5 Å². The van der Waals surface area contributed by atoms with E-state index >= 15 is 0 Å². The molecule has 0 aromatic heterocycles. The Labute approximate surface area is 355 Å². The van der Waals surface area contributed by atoms with Crippen molar-refractivity contribution >= 4 is 65.1 Å². The summed E-state index contributed by atoms with van der Waals surface area (Å²) in [7, 11) is 0. The Bertz CT molecular complexity index is 1540. The van der Waals surface area contributed by atoms with Gasteiger partial charge in [0.05, 0.1) is 25.2 Å². The minimum atomic E-state index is -0.992. The van der Waals surface area contributed by atoms with Crippen LogP contribution in [0.3, 0.4) is 0 Å². The number of unbranched alkanes of at least 4 members (excludes halogenated alkanes) is 2. The molecule has 20 nitrogen and oxygen atoms in total. The van der Waals surface area contributed by atoms with Crippen LogP contribution in [0, 0.1) is 17.8 Å². The van der Waals surface area contributed by atoms with Crippen molar-refractivity contribution in [1.29, 1.82) is 0 Å². The number of nitrogens with two attached hydrogens (primary N) is 1. The molecule has 0 bridgehead atoms. The Hall–Kier alpha value is -4.66. The van der Waals surface area contributed by atoms with Crippen LogP contribution in [0.2, 0.25) is 0 Å². The zero-order valence-electron chi connectivity index (χ0n) is 35.3. The van der Waals surface area contributed by atoms with E-state index in [9.17, 15) is 43.2 Å². The van der Waals surface area contributed by atoms with Crippen LogP contribution in [0.4, 0.5) is 4.79 Å². The molecule has 8 atom stereocenters. The molecule has 11 N–H and O–H groups in total. The maximum absolute atomic E-state index is 13.8. The molecule has 338 valence electrons. The molecule has 0 aliphatic carbocycles. The van der Waals surface area contributed by atoms with Crippen molar-refractivity contribution in [2.75, 3.05) is 31.9 Å². The van der Waals surface area contributed by atoms with E-state index in [-0.39, 0.29) is 55.2 Å². The van der Waals surface area contributed by atoms with E-state index in [4.69, 9.17) is 10.9 Å². The van der Waals surface area contributed by atoms with Gasteiger partial charge in [0.1, 0.15) is 18.1 Å². The fraction of sp³-hybridized carbons (Fsp3) is 0.769. The van der Waals surface area contributed by atoms with Crippen LogP contribution in [0.1, 0.15) is 105 Å². The Balaban J connectivity index is 1.35. The van der Waals surface area contributed by atoms with E-state index < -0.39 is 78.5 Å². The van der Waals surface area contributed by atoms with Crippen LogP contribution in [-0.4, -0.2) is 131 Å². The van der Waals surface area contributed by atoms with Crippen molar-refractivity contribution in [2.45, 2.75) is 140 Å². The highest BCUT2D eigenvalue weighted by Gasteiger charge is 2.43. The minimum absolute atomic E-state index is 0.0547. The molecular weight excluding hydrogens is 801 g/mol. The molecule has 3 rings (SSSR count). The van der Waals surface area contributed by atoms with Crippen LogP contribution in [-0.2, 0) is 38.4 Å². The molecule has 3 heterocycles. The lowest BCUT2D eigenvalue weighted by Crippen LogP contribution is -2.57. The first-order valence-corrected chi connectivity index (χ1v) is 22.2. The van der Waals surface area contributed by atoms with Crippen LogP contribution in [0.15, 0.2) is 0 Å². The average Bonchev–Trinajstić information content (AvgIpc) is 3.94. The largest absolute Gasteiger partial charge is 0.368 e. The van der Waals surface area contributed by atoms with E-state index in [1.807, 2.05) is 32.5 Å². The van der Waals surface area contributed by atoms with E-state index in [1.54, 1.807) is 12.4 Å². The zero-order chi connectivity index (χ0) is 44.4. The topological polar surface area (TPSA) is 299 Å². The number of hydroxylamine groups is 1. The summed E-state index contributed by atoms with van der Waals surface area (Å²) < 4.78 is 0. The zero-order valence-corrected chi connectivity index (χ0v) is 36.1. The van der Waals surface area contributed by atoms with Gasteiger partial charge in [-0.25, -0.2) is 10.3 Å². The second kappa shape index (κ2) is 25.2. The van der Waals surface area contributed by atoms with Crippen molar-refractivity contribution in [1.82, 2.24) is 47.6 Å². The number of amides is 10. The summed E-state index contributed by atoms with van der Waals surface area (Å²) in [4.78, 5) is 115. The SMILES string of the molecule is CC[C@H](C)[C@H](NC(=O)C(CC(=O)NO)CC(C)C)C(=O)N1CCC[C@H]1C(=O)NCC(=O)NCC(=O)N[C@@H](CCCCNC(=O)CCCC[C@@H]1SC[C@@H]2NC(=O)N[C@@H]21)C(N)=O. The van der Waals surface area contributed by atoms with E-state index in [0.29, 0.717) is 56.7 Å². The quantitative estimate of drug-likeness (QED) is 0.0224. The third-order valence-electron chi connectivity index (χ3n) is 11.2. The average molecular weight is 867 g/mol. The summed E-state index contributed by atoms with van der Waals surface area (Å²) in [6, 6.07) is -2.67. The molecule has 0 saturated carbocycles. The maximum Gasteiger partial charge on any atom is 0.315 e. The van der Waals surface area contributed by atoms with Crippen molar-refractivity contribution in [3.05, 3.63) is 0 Å². The Morgan fingerprint density at radius 2 is 1.63 bits per heavy atom. The lowest BCUT2D eigenvalue weighted by atomic mass is 9.91. The number of rotatable bonds is 26. The summed E-state index contributed by atoms with van der Waals surface area (Å²) in [6.07, 6.45) is 5.66. The number of thioether (sulfide) groups is 1. The van der Waals surface area contributed by atoms with Crippen molar-refractivity contribution in [3.8, 4) is 0 Å². The molecular formula is C39H66N10O10S. The molecule has 0 radical (unpaired) electrons. The number of carbonyl (C=O) groups excluding carboxylic acids is 9. The van der Waals surface area contributed by atoms with E-state index in [1.165, 1.54) is 4.90 Å². The third kappa shape index (κ3) is 16.1.